The summed E-state index contributed by atoms with van der Waals surface area (Å²) in [6.45, 7) is 4.42. The molecule has 0 aliphatic carbocycles. The first kappa shape index (κ1) is 30.4. The third-order valence-electron chi connectivity index (χ3n) is 7.66. The van der Waals surface area contributed by atoms with E-state index in [1.165, 1.54) is 6.07 Å². The Bertz CT molecular complexity index is 1700. The SMILES string of the molecule is CCC(CC)(O[P+](=O)O)c1ccc(COc2ccc(-c3c4cccc(C(F)(F)F)c4nn3Cc3ccccc3)cc2)cc1. The molecule has 1 unspecified atom stereocenters. The minimum atomic E-state index is -4.53. The normalized spacial score (nSPS) is 12.5. The fraction of sp³-hybridized carbons (Fsp3) is 0.242. The van der Waals surface area contributed by atoms with Crippen molar-refractivity contribution in [2.45, 2.75) is 51.6 Å². The highest BCUT2D eigenvalue weighted by molar-refractivity contribution is 7.32. The second-order valence-electron chi connectivity index (χ2n) is 10.2. The number of benzene rings is 4. The van der Waals surface area contributed by atoms with Gasteiger partial charge in [0.25, 0.3) is 0 Å². The highest BCUT2D eigenvalue weighted by Gasteiger charge is 2.39. The van der Waals surface area contributed by atoms with Crippen LogP contribution in [0.2, 0.25) is 0 Å². The number of alkyl halides is 3. The van der Waals surface area contributed by atoms with Gasteiger partial charge < -0.3 is 4.74 Å². The highest BCUT2D eigenvalue weighted by Crippen LogP contribution is 2.41. The van der Waals surface area contributed by atoms with Crippen molar-refractivity contribution < 1.29 is 31.9 Å². The van der Waals surface area contributed by atoms with Gasteiger partial charge >= 0.3 is 14.4 Å². The summed E-state index contributed by atoms with van der Waals surface area (Å²) >= 11 is 0. The molecule has 0 amide bonds. The number of halogens is 3. The number of hydrogen-bond donors (Lipinski definition) is 1. The van der Waals surface area contributed by atoms with E-state index >= 15 is 0 Å². The van der Waals surface area contributed by atoms with Gasteiger partial charge in [0.1, 0.15) is 17.9 Å². The van der Waals surface area contributed by atoms with Crippen LogP contribution < -0.4 is 4.74 Å². The number of hydrogen-bond acceptors (Lipinski definition) is 4. The summed E-state index contributed by atoms with van der Waals surface area (Å²) in [5.41, 5.74) is 2.25. The maximum absolute atomic E-state index is 13.8. The molecule has 4 aromatic carbocycles. The third-order valence-corrected chi connectivity index (χ3v) is 8.16. The summed E-state index contributed by atoms with van der Waals surface area (Å²) in [6.07, 6.45) is -3.44. The van der Waals surface area contributed by atoms with E-state index < -0.39 is 25.6 Å². The van der Waals surface area contributed by atoms with E-state index in [-0.39, 0.29) is 12.1 Å². The van der Waals surface area contributed by atoms with Gasteiger partial charge in [-0.05, 0) is 59.9 Å². The largest absolute Gasteiger partial charge is 0.695 e. The topological polar surface area (TPSA) is 73.6 Å². The maximum Gasteiger partial charge on any atom is 0.695 e. The Balaban J connectivity index is 1.39. The van der Waals surface area contributed by atoms with Crippen molar-refractivity contribution in [1.82, 2.24) is 9.78 Å². The second-order valence-corrected chi connectivity index (χ2v) is 10.9. The quantitative estimate of drug-likeness (QED) is 0.152. The standard InChI is InChI=1S/C33H30F3N2O4P/c1-3-32(4-2,42-43(39)40)26-17-13-24(14-18-26)22-41-27-19-15-25(16-20-27)31-28-11-8-12-29(33(34,35)36)30(28)37-38(31)21-23-9-6-5-7-10-23/h5-20H,3-4,21-22H2,1-2H3/p+1. The average Bonchev–Trinajstić information content (AvgIpc) is 3.37. The number of rotatable bonds is 11. The summed E-state index contributed by atoms with van der Waals surface area (Å²) in [7, 11) is -2.75. The zero-order chi connectivity index (χ0) is 30.6. The first-order chi connectivity index (χ1) is 20.6. The molecule has 0 radical (unpaired) electrons. The van der Waals surface area contributed by atoms with Gasteiger partial charge in [-0.25, -0.2) is 0 Å². The van der Waals surface area contributed by atoms with Crippen LogP contribution in [-0.2, 0) is 34.0 Å². The minimum Gasteiger partial charge on any atom is -0.489 e. The van der Waals surface area contributed by atoms with Crippen LogP contribution in [0.25, 0.3) is 22.2 Å². The van der Waals surface area contributed by atoms with Crippen LogP contribution >= 0.6 is 8.25 Å². The van der Waals surface area contributed by atoms with Gasteiger partial charge in [-0.2, -0.15) is 18.3 Å². The van der Waals surface area contributed by atoms with Crippen molar-refractivity contribution in [2.75, 3.05) is 0 Å². The Hall–Kier alpha value is -4.04. The summed E-state index contributed by atoms with van der Waals surface area (Å²) < 4.78 is 65.9. The Morgan fingerprint density at radius 2 is 1.51 bits per heavy atom. The fourth-order valence-corrected chi connectivity index (χ4v) is 5.99. The number of ether oxygens (including phenoxy) is 1. The molecule has 0 aliphatic rings. The first-order valence-corrected chi connectivity index (χ1v) is 15.0. The van der Waals surface area contributed by atoms with Crippen molar-refractivity contribution in [3.63, 3.8) is 0 Å². The predicted molar refractivity (Wildman–Crippen MR) is 160 cm³/mol. The summed E-state index contributed by atoms with van der Waals surface area (Å²) in [4.78, 5) is 9.35. The molecule has 6 nitrogen and oxygen atoms in total. The molecule has 0 fully saturated rings. The van der Waals surface area contributed by atoms with Crippen LogP contribution in [-0.4, -0.2) is 14.7 Å². The van der Waals surface area contributed by atoms with E-state index in [4.69, 9.17) is 9.26 Å². The molecule has 0 saturated carbocycles. The molecule has 1 atom stereocenters. The molecule has 1 aromatic heterocycles. The highest BCUT2D eigenvalue weighted by atomic mass is 31.1. The molecule has 0 bridgehead atoms. The molecular weight excluding hydrogens is 576 g/mol. The van der Waals surface area contributed by atoms with Crippen LogP contribution in [0.1, 0.15) is 48.9 Å². The van der Waals surface area contributed by atoms with Gasteiger partial charge in [-0.1, -0.05) is 80.6 Å². The van der Waals surface area contributed by atoms with Crippen LogP contribution in [0.4, 0.5) is 13.2 Å². The maximum atomic E-state index is 13.8. The number of aromatic nitrogens is 2. The summed E-state index contributed by atoms with van der Waals surface area (Å²) in [5, 5.41) is 4.85. The van der Waals surface area contributed by atoms with E-state index in [9.17, 15) is 22.6 Å². The lowest BCUT2D eigenvalue weighted by Crippen LogP contribution is -2.25. The van der Waals surface area contributed by atoms with Crippen molar-refractivity contribution in [3.05, 3.63) is 119 Å². The van der Waals surface area contributed by atoms with E-state index in [1.807, 2.05) is 80.6 Å². The number of fused-ring (bicyclic) bond motifs is 1. The summed E-state index contributed by atoms with van der Waals surface area (Å²) in [6, 6.07) is 28.4. The van der Waals surface area contributed by atoms with Gasteiger partial charge in [-0.3, -0.25) is 4.68 Å². The van der Waals surface area contributed by atoms with Gasteiger partial charge in [0, 0.05) is 15.5 Å². The van der Waals surface area contributed by atoms with Gasteiger partial charge in [0.15, 0.2) is 5.60 Å². The van der Waals surface area contributed by atoms with E-state index in [0.29, 0.717) is 41.8 Å². The Morgan fingerprint density at radius 1 is 0.837 bits per heavy atom. The van der Waals surface area contributed by atoms with Crippen molar-refractivity contribution in [2.24, 2.45) is 0 Å². The zero-order valence-electron chi connectivity index (χ0n) is 23.7. The van der Waals surface area contributed by atoms with Crippen LogP contribution in [0.3, 0.4) is 0 Å². The lowest BCUT2D eigenvalue weighted by molar-refractivity contribution is -0.136. The van der Waals surface area contributed by atoms with Gasteiger partial charge in [-0.15, -0.1) is 9.42 Å². The number of nitrogens with zero attached hydrogens (tertiary/aromatic N) is 2. The molecule has 1 heterocycles. The monoisotopic (exact) mass is 607 g/mol. The molecule has 0 saturated heterocycles. The molecule has 5 rings (SSSR count). The molecular formula is C33H31F3N2O4P+. The van der Waals surface area contributed by atoms with Gasteiger partial charge in [0.2, 0.25) is 0 Å². The molecule has 43 heavy (non-hydrogen) atoms. The van der Waals surface area contributed by atoms with E-state index in [2.05, 4.69) is 5.10 Å². The van der Waals surface area contributed by atoms with E-state index in [1.54, 1.807) is 22.9 Å². The van der Waals surface area contributed by atoms with Crippen LogP contribution in [0.5, 0.6) is 5.75 Å². The Kier molecular flexibility index (Phi) is 8.97. The predicted octanol–water partition coefficient (Wildman–Crippen LogP) is 9.03. The zero-order valence-corrected chi connectivity index (χ0v) is 24.6. The molecule has 0 aliphatic heterocycles. The molecule has 5 aromatic rings. The second kappa shape index (κ2) is 12.7. The third kappa shape index (κ3) is 6.64. The smallest absolute Gasteiger partial charge is 0.489 e. The molecule has 10 heteroatoms. The Morgan fingerprint density at radius 3 is 2.12 bits per heavy atom. The van der Waals surface area contributed by atoms with Crippen LogP contribution in [0.15, 0.2) is 97.1 Å². The minimum absolute atomic E-state index is 0.0869. The van der Waals surface area contributed by atoms with Crippen molar-refractivity contribution >= 4 is 19.2 Å². The van der Waals surface area contributed by atoms with Crippen molar-refractivity contribution in [1.29, 1.82) is 0 Å². The first-order valence-electron chi connectivity index (χ1n) is 13.9. The molecule has 222 valence electrons. The Labute approximate surface area is 248 Å². The van der Waals surface area contributed by atoms with Crippen molar-refractivity contribution in [3.8, 4) is 17.0 Å². The molecule has 1 N–H and O–H groups in total. The summed E-state index contributed by atoms with van der Waals surface area (Å²) in [5.74, 6) is 0.597. The average molecular weight is 608 g/mol. The van der Waals surface area contributed by atoms with Gasteiger partial charge in [0.05, 0.1) is 17.8 Å². The van der Waals surface area contributed by atoms with Crippen LogP contribution in [0, 0.1) is 0 Å². The lowest BCUT2D eigenvalue weighted by Gasteiger charge is -2.25. The van der Waals surface area contributed by atoms with E-state index in [0.717, 1.165) is 22.8 Å². The fourth-order valence-electron chi connectivity index (χ4n) is 5.33. The molecule has 0 spiro atoms. The lowest BCUT2D eigenvalue weighted by atomic mass is 9.88.